The van der Waals surface area contributed by atoms with E-state index in [0.717, 1.165) is 83.5 Å². The van der Waals surface area contributed by atoms with Gasteiger partial charge in [-0.3, -0.25) is 9.59 Å². The molecule has 2 unspecified atom stereocenters. The Morgan fingerprint density at radius 3 is 1.67 bits per heavy atom. The summed E-state index contributed by atoms with van der Waals surface area (Å²) in [5, 5.41) is 11.6. The van der Waals surface area contributed by atoms with Gasteiger partial charge < -0.3 is 28.6 Å². The number of ether oxygens (including phenoxy) is 3. The largest absolute Gasteiger partial charge is 0.544 e. The van der Waals surface area contributed by atoms with Gasteiger partial charge in [-0.05, 0) is 70.6 Å². The first kappa shape index (κ1) is 48.3. The first-order valence-electron chi connectivity index (χ1n) is 20.2. The predicted molar refractivity (Wildman–Crippen MR) is 208 cm³/mol. The van der Waals surface area contributed by atoms with Crippen LogP contribution in [0.3, 0.4) is 0 Å². The van der Waals surface area contributed by atoms with E-state index in [2.05, 4.69) is 62.5 Å². The highest BCUT2D eigenvalue weighted by molar-refractivity contribution is 5.70. The third-order valence-corrected chi connectivity index (χ3v) is 8.70. The number of hydrogen-bond acceptors (Lipinski definition) is 7. The van der Waals surface area contributed by atoms with Crippen molar-refractivity contribution in [1.29, 1.82) is 0 Å². The molecule has 0 saturated heterocycles. The van der Waals surface area contributed by atoms with Crippen LogP contribution in [0.1, 0.15) is 155 Å². The summed E-state index contributed by atoms with van der Waals surface area (Å²) >= 11 is 0. The Kier molecular flexibility index (Phi) is 32.6. The Labute approximate surface area is 312 Å². The van der Waals surface area contributed by atoms with E-state index in [1.165, 1.54) is 38.5 Å². The van der Waals surface area contributed by atoms with Gasteiger partial charge in [-0.1, -0.05) is 114 Å². The van der Waals surface area contributed by atoms with Crippen molar-refractivity contribution >= 4 is 17.9 Å². The number of nitrogens with zero attached hydrogens (tertiary/aromatic N) is 1. The van der Waals surface area contributed by atoms with E-state index < -0.39 is 18.1 Å². The zero-order chi connectivity index (χ0) is 37.8. The van der Waals surface area contributed by atoms with Gasteiger partial charge in [-0.25, -0.2) is 0 Å². The summed E-state index contributed by atoms with van der Waals surface area (Å²) in [5.74, 6) is -1.79. The van der Waals surface area contributed by atoms with Gasteiger partial charge in [-0.2, -0.15) is 0 Å². The summed E-state index contributed by atoms with van der Waals surface area (Å²) < 4.78 is 17.1. The quantitative estimate of drug-likeness (QED) is 0.0279. The second-order valence-electron chi connectivity index (χ2n) is 14.5. The number of allylic oxidation sites excluding steroid dienone is 8. The van der Waals surface area contributed by atoms with Crippen molar-refractivity contribution in [2.45, 2.75) is 167 Å². The molecule has 0 aliphatic heterocycles. The van der Waals surface area contributed by atoms with E-state index in [1.54, 1.807) is 21.1 Å². The number of carboxylic acid groups (broad SMARTS) is 1. The standard InChI is InChI=1S/C43H75NO7/c1-6-8-10-12-14-16-18-20-22-23-25-27-29-31-33-41(45)50-38-39(37-49-36-35-40(43(47)48)44(3,4)5)51-42(46)34-32-30-28-26-24-21-19-17-15-13-11-9-7-2/h8,10,14,16,20-22,24,39-40H,6-7,9,11-13,15,17-19,23,25-38H2,1-5H3/b10-8+,16-14+,22-20+,24-21+. The van der Waals surface area contributed by atoms with Crippen LogP contribution < -0.4 is 5.11 Å². The van der Waals surface area contributed by atoms with Crippen LogP contribution in [0, 0.1) is 0 Å². The Hall–Kier alpha value is -2.71. The minimum absolute atomic E-state index is 0.0263. The molecular formula is C43H75NO7. The van der Waals surface area contributed by atoms with Crippen molar-refractivity contribution in [2.24, 2.45) is 0 Å². The third-order valence-electron chi connectivity index (χ3n) is 8.70. The Balaban J connectivity index is 4.46. The molecule has 51 heavy (non-hydrogen) atoms. The number of rotatable bonds is 35. The molecule has 2 atom stereocenters. The first-order valence-corrected chi connectivity index (χ1v) is 20.2. The van der Waals surface area contributed by atoms with E-state index in [-0.39, 0.29) is 42.7 Å². The lowest BCUT2D eigenvalue weighted by molar-refractivity contribution is -0.889. The molecule has 8 nitrogen and oxygen atoms in total. The maximum atomic E-state index is 12.6. The molecule has 294 valence electrons. The van der Waals surface area contributed by atoms with Crippen LogP contribution in [0.25, 0.3) is 0 Å². The minimum Gasteiger partial charge on any atom is -0.544 e. The molecule has 0 fully saturated rings. The molecule has 0 amide bonds. The van der Waals surface area contributed by atoms with Gasteiger partial charge in [-0.15, -0.1) is 0 Å². The van der Waals surface area contributed by atoms with Crippen LogP contribution in [0.4, 0.5) is 0 Å². The van der Waals surface area contributed by atoms with E-state index in [9.17, 15) is 19.5 Å². The molecule has 0 N–H and O–H groups in total. The average Bonchev–Trinajstić information content (AvgIpc) is 3.08. The predicted octanol–water partition coefficient (Wildman–Crippen LogP) is 9.13. The molecular weight excluding hydrogens is 642 g/mol. The Bertz CT molecular complexity index is 979. The lowest BCUT2D eigenvalue weighted by Crippen LogP contribution is -2.55. The van der Waals surface area contributed by atoms with Crippen molar-refractivity contribution in [1.82, 2.24) is 0 Å². The molecule has 0 radical (unpaired) electrons. The van der Waals surface area contributed by atoms with Gasteiger partial charge in [0.05, 0.1) is 40.3 Å². The lowest BCUT2D eigenvalue weighted by Gasteiger charge is -2.34. The zero-order valence-electron chi connectivity index (χ0n) is 33.3. The second-order valence-corrected chi connectivity index (χ2v) is 14.5. The number of aliphatic carboxylic acids is 1. The summed E-state index contributed by atoms with van der Waals surface area (Å²) in [7, 11) is 5.38. The number of quaternary nitrogens is 1. The number of esters is 2. The molecule has 0 aliphatic rings. The summed E-state index contributed by atoms with van der Waals surface area (Å²) in [4.78, 5) is 36.7. The van der Waals surface area contributed by atoms with Crippen LogP contribution in [-0.2, 0) is 28.6 Å². The summed E-state index contributed by atoms with van der Waals surface area (Å²) in [5.41, 5.74) is 0. The molecule has 0 aromatic heterocycles. The van der Waals surface area contributed by atoms with Gasteiger partial charge in [0.25, 0.3) is 0 Å². The van der Waals surface area contributed by atoms with Crippen molar-refractivity contribution in [3.8, 4) is 0 Å². The summed E-state index contributed by atoms with van der Waals surface area (Å²) in [6.07, 6.45) is 38.5. The molecule has 0 rings (SSSR count). The molecule has 0 saturated carbocycles. The maximum Gasteiger partial charge on any atom is 0.306 e. The number of likely N-dealkylation sites (N-methyl/N-ethyl adjacent to an activating group) is 1. The van der Waals surface area contributed by atoms with Gasteiger partial charge >= 0.3 is 11.9 Å². The topological polar surface area (TPSA) is 102 Å². The highest BCUT2D eigenvalue weighted by atomic mass is 16.6. The summed E-state index contributed by atoms with van der Waals surface area (Å²) in [6, 6.07) is -0.731. The number of hydrogen-bond donors (Lipinski definition) is 0. The number of carbonyl (C=O) groups excluding carboxylic acids is 3. The zero-order valence-corrected chi connectivity index (χ0v) is 33.3. The van der Waals surface area contributed by atoms with E-state index in [1.807, 2.05) is 0 Å². The van der Waals surface area contributed by atoms with Crippen LogP contribution >= 0.6 is 0 Å². The smallest absolute Gasteiger partial charge is 0.306 e. The van der Waals surface area contributed by atoms with Crippen molar-refractivity contribution in [3.05, 3.63) is 48.6 Å². The van der Waals surface area contributed by atoms with Crippen molar-refractivity contribution in [2.75, 3.05) is 41.0 Å². The van der Waals surface area contributed by atoms with Gasteiger partial charge in [0, 0.05) is 19.3 Å². The van der Waals surface area contributed by atoms with E-state index >= 15 is 0 Å². The fourth-order valence-corrected chi connectivity index (χ4v) is 5.55. The normalized spacial score (nSPS) is 13.5. The molecule has 0 bridgehead atoms. The van der Waals surface area contributed by atoms with Crippen LogP contribution in [0.5, 0.6) is 0 Å². The third kappa shape index (κ3) is 32.9. The van der Waals surface area contributed by atoms with Gasteiger partial charge in [0.2, 0.25) is 0 Å². The lowest BCUT2D eigenvalue weighted by atomic mass is 10.1. The summed E-state index contributed by atoms with van der Waals surface area (Å²) in [6.45, 7) is 4.48. The monoisotopic (exact) mass is 718 g/mol. The van der Waals surface area contributed by atoms with E-state index in [0.29, 0.717) is 12.8 Å². The molecule has 0 heterocycles. The fourth-order valence-electron chi connectivity index (χ4n) is 5.55. The molecule has 8 heteroatoms. The second kappa shape index (κ2) is 34.4. The minimum atomic E-state index is -1.13. The first-order chi connectivity index (χ1) is 24.6. The fraction of sp³-hybridized carbons (Fsp3) is 0.744. The SMILES string of the molecule is CC/C=C/C/C=C/C/C=C/CCCCCCC(=O)OCC(COCCC(C(=O)[O-])[N+](C)(C)C)OC(=O)CCCCC/C=C/CCCCCCCC. The van der Waals surface area contributed by atoms with Gasteiger partial charge in [0.1, 0.15) is 12.6 Å². The maximum absolute atomic E-state index is 12.6. The van der Waals surface area contributed by atoms with Gasteiger partial charge in [0.15, 0.2) is 6.10 Å². The van der Waals surface area contributed by atoms with Crippen LogP contribution in [0.2, 0.25) is 0 Å². The Morgan fingerprint density at radius 1 is 0.608 bits per heavy atom. The highest BCUT2D eigenvalue weighted by Gasteiger charge is 2.25. The molecule has 0 aliphatic carbocycles. The van der Waals surface area contributed by atoms with Crippen LogP contribution in [-0.4, -0.2) is 75.5 Å². The molecule has 0 spiro atoms. The van der Waals surface area contributed by atoms with Crippen molar-refractivity contribution in [3.63, 3.8) is 0 Å². The number of carbonyl (C=O) groups is 3. The average molecular weight is 718 g/mol. The number of unbranched alkanes of at least 4 members (excludes halogenated alkanes) is 13. The van der Waals surface area contributed by atoms with Crippen molar-refractivity contribution < 1.29 is 38.2 Å². The number of carboxylic acids is 1. The highest BCUT2D eigenvalue weighted by Crippen LogP contribution is 2.12. The van der Waals surface area contributed by atoms with Crippen LogP contribution in [0.15, 0.2) is 48.6 Å². The molecule has 0 aromatic carbocycles. The molecule has 0 aromatic rings. The Morgan fingerprint density at radius 2 is 1.10 bits per heavy atom. The van der Waals surface area contributed by atoms with E-state index in [4.69, 9.17) is 14.2 Å².